The fourth-order valence-corrected chi connectivity index (χ4v) is 4.54. The number of carbonyl (C=O) groups excluding carboxylic acids is 2. The molecule has 1 N–H and O–H groups in total. The van der Waals surface area contributed by atoms with Gasteiger partial charge in [0.05, 0.1) is 24.8 Å². The van der Waals surface area contributed by atoms with Crippen molar-refractivity contribution in [1.82, 2.24) is 4.90 Å². The van der Waals surface area contributed by atoms with Gasteiger partial charge in [-0.25, -0.2) is 8.78 Å². The highest BCUT2D eigenvalue weighted by Crippen LogP contribution is 2.43. The predicted octanol–water partition coefficient (Wildman–Crippen LogP) is 5.29. The van der Waals surface area contributed by atoms with Gasteiger partial charge in [0.25, 0.3) is 5.91 Å². The number of halogens is 3. The Morgan fingerprint density at radius 3 is 2.44 bits per heavy atom. The van der Waals surface area contributed by atoms with E-state index in [0.29, 0.717) is 22.9 Å². The highest BCUT2D eigenvalue weighted by Gasteiger charge is 2.42. The number of rotatable bonds is 4. The number of methoxy groups -OCH3 is 1. The second-order valence-corrected chi connectivity index (χ2v) is 8.29. The first-order valence-electron chi connectivity index (χ1n) is 9.77. The molecule has 164 valence electrons. The summed E-state index contributed by atoms with van der Waals surface area (Å²) >= 11 is 3.11. The molecule has 0 aliphatic carbocycles. The molecule has 4 rings (SSSR count). The van der Waals surface area contributed by atoms with Crippen molar-refractivity contribution in [3.8, 4) is 5.75 Å². The van der Waals surface area contributed by atoms with Crippen LogP contribution in [0.25, 0.3) is 0 Å². The van der Waals surface area contributed by atoms with Crippen molar-refractivity contribution in [2.75, 3.05) is 19.5 Å². The third-order valence-corrected chi connectivity index (χ3v) is 6.20. The Kier molecular flexibility index (Phi) is 5.97. The Morgan fingerprint density at radius 1 is 1.09 bits per heavy atom. The van der Waals surface area contributed by atoms with E-state index in [2.05, 4.69) is 21.2 Å². The van der Waals surface area contributed by atoms with Crippen LogP contribution in [-0.4, -0.2) is 30.9 Å². The molecule has 0 fully saturated rings. The highest BCUT2D eigenvalue weighted by atomic mass is 79.9. The smallest absolute Gasteiger partial charge is 0.254 e. The molecule has 0 unspecified atom stereocenters. The van der Waals surface area contributed by atoms with Crippen molar-refractivity contribution < 1.29 is 23.1 Å². The van der Waals surface area contributed by atoms with E-state index in [4.69, 9.17) is 4.74 Å². The highest BCUT2D eigenvalue weighted by molar-refractivity contribution is 9.10. The number of likely N-dealkylation sites (N-methyl/N-ethyl adjacent to an activating group) is 1. The molecule has 1 aliphatic rings. The minimum absolute atomic E-state index is 0.0814. The number of nitrogens with zero attached hydrogens (tertiary/aromatic N) is 1. The van der Waals surface area contributed by atoms with Crippen molar-refractivity contribution in [2.24, 2.45) is 0 Å². The topological polar surface area (TPSA) is 58.6 Å². The van der Waals surface area contributed by atoms with E-state index in [1.807, 2.05) is 0 Å². The number of ether oxygens (including phenoxy) is 1. The van der Waals surface area contributed by atoms with E-state index in [1.165, 1.54) is 4.90 Å². The van der Waals surface area contributed by atoms with E-state index in [-0.39, 0.29) is 16.1 Å². The average Bonchev–Trinajstić information content (AvgIpc) is 2.78. The monoisotopic (exact) mass is 500 g/mol. The van der Waals surface area contributed by atoms with Gasteiger partial charge >= 0.3 is 0 Å². The van der Waals surface area contributed by atoms with Crippen LogP contribution < -0.4 is 10.1 Å². The molecule has 3 aromatic rings. The maximum Gasteiger partial charge on any atom is 0.254 e. The van der Waals surface area contributed by atoms with Crippen LogP contribution in [0.2, 0.25) is 0 Å². The lowest BCUT2D eigenvalue weighted by atomic mass is 9.79. The fraction of sp³-hybridized carbons (Fsp3) is 0.167. The lowest BCUT2D eigenvalue weighted by Gasteiger charge is -2.39. The number of fused-ring (bicyclic) bond motifs is 1. The first-order valence-corrected chi connectivity index (χ1v) is 10.6. The normalized spacial score (nSPS) is 17.7. The minimum atomic E-state index is -0.903. The van der Waals surface area contributed by atoms with Gasteiger partial charge in [0.15, 0.2) is 5.82 Å². The molecule has 2 amide bonds. The molecule has 0 radical (unpaired) electrons. The van der Waals surface area contributed by atoms with Crippen LogP contribution in [0.4, 0.5) is 14.5 Å². The van der Waals surface area contributed by atoms with Gasteiger partial charge in [-0.1, -0.05) is 30.3 Å². The van der Waals surface area contributed by atoms with E-state index >= 15 is 0 Å². The zero-order valence-corrected chi connectivity index (χ0v) is 18.8. The van der Waals surface area contributed by atoms with Crippen LogP contribution in [0.1, 0.15) is 33.4 Å². The predicted molar refractivity (Wildman–Crippen MR) is 120 cm³/mol. The zero-order chi connectivity index (χ0) is 23.0. The summed E-state index contributed by atoms with van der Waals surface area (Å²) in [4.78, 5) is 28.1. The molecule has 5 nitrogen and oxygen atoms in total. The number of hydrogen-bond donors (Lipinski definition) is 1. The molecule has 8 heteroatoms. The quantitative estimate of drug-likeness (QED) is 0.529. The number of nitrogens with one attached hydrogen (secondary N) is 1. The summed E-state index contributed by atoms with van der Waals surface area (Å²) in [6.45, 7) is 0. The molecular formula is C24H19BrF2N2O3. The fourth-order valence-electron chi connectivity index (χ4n) is 4.04. The van der Waals surface area contributed by atoms with Gasteiger partial charge < -0.3 is 15.0 Å². The Morgan fingerprint density at radius 2 is 1.78 bits per heavy atom. The first kappa shape index (κ1) is 22.0. The van der Waals surface area contributed by atoms with Crippen molar-refractivity contribution in [3.63, 3.8) is 0 Å². The second kappa shape index (κ2) is 8.70. The maximum atomic E-state index is 14.4. The summed E-state index contributed by atoms with van der Waals surface area (Å²) in [7, 11) is 3.18. The molecule has 0 spiro atoms. The van der Waals surface area contributed by atoms with E-state index < -0.39 is 29.5 Å². The Balaban J connectivity index is 1.81. The molecule has 1 heterocycles. The Labute approximate surface area is 192 Å². The van der Waals surface area contributed by atoms with Crippen LogP contribution in [0, 0.1) is 11.6 Å². The van der Waals surface area contributed by atoms with Crippen LogP contribution in [0.15, 0.2) is 65.1 Å². The molecule has 0 bridgehead atoms. The van der Waals surface area contributed by atoms with Crippen LogP contribution in [0.3, 0.4) is 0 Å². The van der Waals surface area contributed by atoms with Gasteiger partial charge in [0.2, 0.25) is 5.91 Å². The van der Waals surface area contributed by atoms with Crippen molar-refractivity contribution in [1.29, 1.82) is 0 Å². The molecule has 0 aromatic heterocycles. The summed E-state index contributed by atoms with van der Waals surface area (Å²) in [5.41, 5.74) is 1.49. The second-order valence-electron chi connectivity index (χ2n) is 7.43. The van der Waals surface area contributed by atoms with Gasteiger partial charge in [0, 0.05) is 23.2 Å². The molecule has 3 aromatic carbocycles. The van der Waals surface area contributed by atoms with Crippen molar-refractivity contribution in [3.05, 3.63) is 93.5 Å². The largest absolute Gasteiger partial charge is 0.497 e. The summed E-state index contributed by atoms with van der Waals surface area (Å²) in [5, 5.41) is 2.58. The number of carbonyl (C=O) groups is 2. The number of amides is 2. The SMILES string of the molecule is COc1ccc([C@@H]2[C@H](C(=O)Nc3c(F)cc(F)cc3Br)c3ccccc3C(=O)N2C)cc1. The van der Waals surface area contributed by atoms with Gasteiger partial charge in [0.1, 0.15) is 11.6 Å². The van der Waals surface area contributed by atoms with Gasteiger partial charge in [-0.05, 0) is 51.3 Å². The average molecular weight is 501 g/mol. The molecule has 2 atom stereocenters. The van der Waals surface area contributed by atoms with Gasteiger partial charge in [-0.3, -0.25) is 9.59 Å². The third-order valence-electron chi connectivity index (χ3n) is 5.57. The molecule has 32 heavy (non-hydrogen) atoms. The lowest BCUT2D eigenvalue weighted by molar-refractivity contribution is -0.119. The number of benzene rings is 3. The zero-order valence-electron chi connectivity index (χ0n) is 17.2. The summed E-state index contributed by atoms with van der Waals surface area (Å²) in [5.74, 6) is -2.61. The van der Waals surface area contributed by atoms with Crippen molar-refractivity contribution in [2.45, 2.75) is 12.0 Å². The minimum Gasteiger partial charge on any atom is -0.497 e. The van der Waals surface area contributed by atoms with E-state index in [0.717, 1.165) is 11.6 Å². The Bertz CT molecular complexity index is 1180. The summed E-state index contributed by atoms with van der Waals surface area (Å²) in [6, 6.07) is 15.1. The first-order chi connectivity index (χ1) is 15.3. The Hall–Kier alpha value is -3.26. The standard InChI is InChI=1S/C24H19BrF2N2O3/c1-29-22(13-7-9-15(32-2)10-8-13)20(16-5-3-4-6-17(16)24(29)31)23(30)28-21-18(25)11-14(26)12-19(21)27/h3-12,20,22H,1-2H3,(H,28,30)/t20-,22-/m1/s1. The van der Waals surface area contributed by atoms with Crippen LogP contribution >= 0.6 is 15.9 Å². The summed E-state index contributed by atoms with van der Waals surface area (Å²) < 4.78 is 33.2. The van der Waals surface area contributed by atoms with Crippen molar-refractivity contribution >= 4 is 33.4 Å². The molecule has 0 saturated heterocycles. The molecular weight excluding hydrogens is 482 g/mol. The third kappa shape index (κ3) is 3.86. The molecule has 0 saturated carbocycles. The molecule has 1 aliphatic heterocycles. The van der Waals surface area contributed by atoms with E-state index in [9.17, 15) is 18.4 Å². The summed E-state index contributed by atoms with van der Waals surface area (Å²) in [6.07, 6.45) is 0. The lowest BCUT2D eigenvalue weighted by Crippen LogP contribution is -2.44. The van der Waals surface area contributed by atoms with E-state index in [1.54, 1.807) is 62.7 Å². The number of hydrogen-bond acceptors (Lipinski definition) is 3. The number of anilines is 1. The van der Waals surface area contributed by atoms with Gasteiger partial charge in [-0.15, -0.1) is 0 Å². The van der Waals surface area contributed by atoms with Crippen LogP contribution in [-0.2, 0) is 4.79 Å². The van der Waals surface area contributed by atoms with Gasteiger partial charge in [-0.2, -0.15) is 0 Å². The maximum absolute atomic E-state index is 14.4. The van der Waals surface area contributed by atoms with Crippen LogP contribution in [0.5, 0.6) is 5.75 Å².